The van der Waals surface area contributed by atoms with Gasteiger partial charge in [0.05, 0.1) is 15.5 Å². The molecule has 0 spiro atoms. The van der Waals surface area contributed by atoms with E-state index in [0.29, 0.717) is 0 Å². The summed E-state index contributed by atoms with van der Waals surface area (Å²) in [5, 5.41) is 8.88. The van der Waals surface area contributed by atoms with Crippen molar-refractivity contribution in [1.29, 1.82) is 5.26 Å². The number of nitrogens with zero attached hydrogens (tertiary/aromatic N) is 1. The van der Waals surface area contributed by atoms with Gasteiger partial charge in [0.1, 0.15) is 6.07 Å². The van der Waals surface area contributed by atoms with Crippen LogP contribution in [0.5, 0.6) is 0 Å². The zero-order valence-corrected chi connectivity index (χ0v) is 11.8. The van der Waals surface area contributed by atoms with Crippen molar-refractivity contribution >= 4 is 21.6 Å². The number of nitrogens with one attached hydrogen (secondary N) is 1. The van der Waals surface area contributed by atoms with Crippen LogP contribution in [0.4, 0.5) is 0 Å². The van der Waals surface area contributed by atoms with E-state index in [9.17, 15) is 8.42 Å². The lowest BCUT2D eigenvalue weighted by molar-refractivity contribution is 0.530. The molecule has 1 aromatic rings. The Labute approximate surface area is 113 Å². The van der Waals surface area contributed by atoms with Crippen LogP contribution in [0.25, 0.3) is 0 Å². The van der Waals surface area contributed by atoms with Gasteiger partial charge in [0.15, 0.2) is 0 Å². The highest BCUT2D eigenvalue weighted by Crippen LogP contribution is 2.20. The minimum absolute atomic E-state index is 0.0819. The number of rotatable bonds is 5. The molecule has 0 aliphatic rings. The summed E-state index contributed by atoms with van der Waals surface area (Å²) in [5.74, 6) is 0. The predicted molar refractivity (Wildman–Crippen MR) is 70.9 cm³/mol. The summed E-state index contributed by atoms with van der Waals surface area (Å²) in [6.45, 7) is 3.84. The predicted octanol–water partition coefficient (Wildman–Crippen LogP) is 2.68. The first-order valence-electron chi connectivity index (χ1n) is 5.66. The molecule has 98 valence electrons. The molecule has 0 atom stereocenters. The van der Waals surface area contributed by atoms with Crippen LogP contribution in [0, 0.1) is 11.3 Å². The molecule has 0 amide bonds. The average Bonchev–Trinajstić information content (AvgIpc) is 2.35. The lowest BCUT2D eigenvalue weighted by atomic mass is 10.2. The molecule has 0 fully saturated rings. The summed E-state index contributed by atoms with van der Waals surface area (Å²) in [4.78, 5) is 0.0819. The van der Waals surface area contributed by atoms with Gasteiger partial charge in [-0.15, -0.1) is 0 Å². The fourth-order valence-corrected chi connectivity index (χ4v) is 3.21. The van der Waals surface area contributed by atoms with Crippen molar-refractivity contribution in [3.63, 3.8) is 0 Å². The smallest absolute Gasteiger partial charge is 0.208 e. The first kappa shape index (κ1) is 15.0. The second-order valence-electron chi connectivity index (χ2n) is 3.89. The first-order valence-corrected chi connectivity index (χ1v) is 7.52. The molecule has 0 aromatic heterocycles. The Morgan fingerprint density at radius 2 is 2.00 bits per heavy atom. The van der Waals surface area contributed by atoms with Crippen LogP contribution in [0.15, 0.2) is 23.1 Å². The molecule has 0 heterocycles. The molecular formula is C12H15ClN2O2S. The number of hydrogen-bond donors (Lipinski definition) is 1. The molecule has 1 aromatic carbocycles. The van der Waals surface area contributed by atoms with E-state index in [1.54, 1.807) is 0 Å². The zero-order valence-electron chi connectivity index (χ0n) is 10.3. The Morgan fingerprint density at radius 1 is 1.39 bits per heavy atom. The normalized spacial score (nSPS) is 11.5. The second kappa shape index (κ2) is 6.19. The molecule has 0 saturated heterocycles. The Morgan fingerprint density at radius 3 is 2.44 bits per heavy atom. The standard InChI is InChI=1S/C12H15ClN2O2S/c1-3-10(4-2)15-18(16,17)11-6-5-9(8-14)12(13)7-11/h5-7,10,15H,3-4H2,1-2H3. The van der Waals surface area contributed by atoms with E-state index in [1.807, 2.05) is 19.9 Å². The Bertz CT molecular complexity index is 560. The lowest BCUT2D eigenvalue weighted by Gasteiger charge is -2.15. The third-order valence-electron chi connectivity index (χ3n) is 2.68. The molecule has 0 saturated carbocycles. The quantitative estimate of drug-likeness (QED) is 0.905. The van der Waals surface area contributed by atoms with E-state index in [1.165, 1.54) is 18.2 Å². The molecule has 6 heteroatoms. The summed E-state index contributed by atoms with van der Waals surface area (Å²) >= 11 is 5.83. The summed E-state index contributed by atoms with van der Waals surface area (Å²) in [6, 6.07) is 5.88. The van der Waals surface area contributed by atoms with Crippen molar-refractivity contribution < 1.29 is 8.42 Å². The Hall–Kier alpha value is -1.09. The number of benzene rings is 1. The summed E-state index contributed by atoms with van der Waals surface area (Å²) in [7, 11) is -3.58. The molecular weight excluding hydrogens is 272 g/mol. The van der Waals surface area contributed by atoms with Gasteiger partial charge in [-0.3, -0.25) is 0 Å². The van der Waals surface area contributed by atoms with Gasteiger partial charge in [0.25, 0.3) is 0 Å². The maximum atomic E-state index is 12.1. The van der Waals surface area contributed by atoms with Crippen LogP contribution in [0.2, 0.25) is 5.02 Å². The number of halogens is 1. The summed E-state index contributed by atoms with van der Waals surface area (Å²) < 4.78 is 26.7. The van der Waals surface area contributed by atoms with Crippen molar-refractivity contribution in [2.24, 2.45) is 0 Å². The lowest BCUT2D eigenvalue weighted by Crippen LogP contribution is -2.33. The first-order chi connectivity index (χ1) is 8.44. The highest BCUT2D eigenvalue weighted by Gasteiger charge is 2.18. The highest BCUT2D eigenvalue weighted by molar-refractivity contribution is 7.89. The highest BCUT2D eigenvalue weighted by atomic mass is 35.5. The maximum Gasteiger partial charge on any atom is 0.240 e. The third kappa shape index (κ3) is 3.45. The van der Waals surface area contributed by atoms with Crippen LogP contribution in [-0.4, -0.2) is 14.5 Å². The van der Waals surface area contributed by atoms with Crippen molar-refractivity contribution in [2.75, 3.05) is 0 Å². The molecule has 0 aliphatic carbocycles. The second-order valence-corrected chi connectivity index (χ2v) is 6.01. The van der Waals surface area contributed by atoms with Crippen molar-refractivity contribution in [2.45, 2.75) is 37.6 Å². The average molecular weight is 287 g/mol. The minimum atomic E-state index is -3.58. The molecule has 18 heavy (non-hydrogen) atoms. The molecule has 1 N–H and O–H groups in total. The fraction of sp³-hybridized carbons (Fsp3) is 0.417. The zero-order chi connectivity index (χ0) is 13.8. The monoisotopic (exact) mass is 286 g/mol. The van der Waals surface area contributed by atoms with Gasteiger partial charge in [0, 0.05) is 6.04 Å². The van der Waals surface area contributed by atoms with Gasteiger partial charge < -0.3 is 0 Å². The topological polar surface area (TPSA) is 70.0 Å². The Kier molecular flexibility index (Phi) is 5.15. The van der Waals surface area contributed by atoms with E-state index in [0.717, 1.165) is 12.8 Å². The molecule has 1 rings (SSSR count). The van der Waals surface area contributed by atoms with Crippen molar-refractivity contribution in [3.8, 4) is 6.07 Å². The molecule has 0 radical (unpaired) electrons. The van der Waals surface area contributed by atoms with Gasteiger partial charge in [-0.05, 0) is 31.0 Å². The van der Waals surface area contributed by atoms with Crippen LogP contribution in [0.1, 0.15) is 32.3 Å². The van der Waals surface area contributed by atoms with E-state index in [-0.39, 0.29) is 21.5 Å². The Balaban J connectivity index is 3.06. The number of hydrogen-bond acceptors (Lipinski definition) is 3. The van der Waals surface area contributed by atoms with Gasteiger partial charge in [-0.1, -0.05) is 25.4 Å². The summed E-state index contributed by atoms with van der Waals surface area (Å²) in [6.07, 6.45) is 1.44. The third-order valence-corrected chi connectivity index (χ3v) is 4.51. The minimum Gasteiger partial charge on any atom is -0.208 e. The van der Waals surface area contributed by atoms with E-state index < -0.39 is 10.0 Å². The van der Waals surface area contributed by atoms with Crippen molar-refractivity contribution in [3.05, 3.63) is 28.8 Å². The fourth-order valence-electron chi connectivity index (χ4n) is 1.50. The number of sulfonamides is 1. The number of nitriles is 1. The van der Waals surface area contributed by atoms with Gasteiger partial charge >= 0.3 is 0 Å². The van der Waals surface area contributed by atoms with E-state index >= 15 is 0 Å². The summed E-state index contributed by atoms with van der Waals surface area (Å²) in [5.41, 5.74) is 0.262. The van der Waals surface area contributed by atoms with Gasteiger partial charge in [0.2, 0.25) is 10.0 Å². The molecule has 0 unspecified atom stereocenters. The van der Waals surface area contributed by atoms with Crippen LogP contribution >= 0.6 is 11.6 Å². The molecule has 0 bridgehead atoms. The van der Waals surface area contributed by atoms with E-state index in [2.05, 4.69) is 4.72 Å². The maximum absolute atomic E-state index is 12.1. The van der Waals surface area contributed by atoms with Crippen LogP contribution in [0.3, 0.4) is 0 Å². The van der Waals surface area contributed by atoms with E-state index in [4.69, 9.17) is 16.9 Å². The SMILES string of the molecule is CCC(CC)NS(=O)(=O)c1ccc(C#N)c(Cl)c1. The van der Waals surface area contributed by atoms with Gasteiger partial charge in [-0.2, -0.15) is 5.26 Å². The molecule has 4 nitrogen and oxygen atoms in total. The molecule has 0 aliphatic heterocycles. The van der Waals surface area contributed by atoms with Crippen molar-refractivity contribution in [1.82, 2.24) is 4.72 Å². The van der Waals surface area contributed by atoms with Crippen LogP contribution < -0.4 is 4.72 Å². The largest absolute Gasteiger partial charge is 0.240 e. The van der Waals surface area contributed by atoms with Gasteiger partial charge in [-0.25, -0.2) is 13.1 Å². The van der Waals surface area contributed by atoms with Crippen LogP contribution in [-0.2, 0) is 10.0 Å².